The molecule has 0 radical (unpaired) electrons. The molecule has 0 bridgehead atoms. The summed E-state index contributed by atoms with van der Waals surface area (Å²) >= 11 is 0. The van der Waals surface area contributed by atoms with Crippen LogP contribution in [-0.4, -0.2) is 101 Å². The van der Waals surface area contributed by atoms with Crippen molar-refractivity contribution in [1.29, 1.82) is 0 Å². The molecule has 11 nitrogen and oxygen atoms in total. The van der Waals surface area contributed by atoms with Crippen molar-refractivity contribution < 1.29 is 78.9 Å². The molecule has 2 rings (SSSR count). The molecule has 29 heavy (non-hydrogen) atoms. The molecule has 2 fully saturated rings. The van der Waals surface area contributed by atoms with Crippen LogP contribution in [0.2, 0.25) is 0 Å². The Morgan fingerprint density at radius 3 is 2.21 bits per heavy atom. The van der Waals surface area contributed by atoms with E-state index in [4.69, 9.17) is 14.2 Å². The Kier molecular flexibility index (Phi) is 10.4. The third-order valence-electron chi connectivity index (χ3n) is 5.40. The van der Waals surface area contributed by atoms with Crippen molar-refractivity contribution in [2.75, 3.05) is 13.7 Å². The fourth-order valence-corrected chi connectivity index (χ4v) is 3.96. The van der Waals surface area contributed by atoms with Gasteiger partial charge in [-0.25, -0.2) is 0 Å². The van der Waals surface area contributed by atoms with Gasteiger partial charge in [0.15, 0.2) is 0 Å². The fraction of sp³-hybridized carbons (Fsp3) is 0.882. The van der Waals surface area contributed by atoms with Crippen LogP contribution in [-0.2, 0) is 23.8 Å². The van der Waals surface area contributed by atoms with Gasteiger partial charge in [-0.05, 0) is 13.3 Å². The summed E-state index contributed by atoms with van der Waals surface area (Å²) in [6, 6.07) is -0.897. The van der Waals surface area contributed by atoms with Gasteiger partial charge in [0.25, 0.3) is 0 Å². The van der Waals surface area contributed by atoms with Gasteiger partial charge in [-0.1, -0.05) is 0 Å². The maximum absolute atomic E-state index is 11.6. The van der Waals surface area contributed by atoms with Gasteiger partial charge in [-0.3, -0.25) is 4.79 Å². The monoisotopic (exact) mass is 429 g/mol. The van der Waals surface area contributed by atoms with Crippen LogP contribution in [0.1, 0.15) is 20.3 Å². The SMILES string of the molecule is CO[C@@H]1C(NC(C)=O)[C@H](C[C@@H]2C(C(=O)[O-])O[C@@H](C)[C@@H](O)[C@H]2O)OC(CO)[C@@H]1O.[Na+]. The van der Waals surface area contributed by atoms with E-state index in [0.717, 1.165) is 0 Å². The van der Waals surface area contributed by atoms with Crippen molar-refractivity contribution in [2.24, 2.45) is 5.92 Å². The molecule has 3 unspecified atom stereocenters. The summed E-state index contributed by atoms with van der Waals surface area (Å²) in [5.74, 6) is -3.12. The van der Waals surface area contributed by atoms with E-state index < -0.39 is 79.3 Å². The first-order valence-electron chi connectivity index (χ1n) is 9.09. The Morgan fingerprint density at radius 1 is 1.10 bits per heavy atom. The number of nitrogens with one attached hydrogen (secondary N) is 1. The molecule has 0 aliphatic carbocycles. The van der Waals surface area contributed by atoms with Crippen molar-refractivity contribution in [1.82, 2.24) is 5.32 Å². The molecular weight excluding hydrogens is 401 g/mol. The predicted molar refractivity (Wildman–Crippen MR) is 89.6 cm³/mol. The predicted octanol–water partition coefficient (Wildman–Crippen LogP) is -7.10. The summed E-state index contributed by atoms with van der Waals surface area (Å²) in [5.41, 5.74) is 0. The smallest absolute Gasteiger partial charge is 0.547 e. The molecule has 0 spiro atoms. The molecule has 2 aliphatic rings. The third kappa shape index (κ3) is 5.88. The van der Waals surface area contributed by atoms with Crippen LogP contribution in [0.25, 0.3) is 0 Å². The number of hydrogen-bond acceptors (Lipinski definition) is 10. The number of carbonyl (C=O) groups excluding carboxylic acids is 2. The molecule has 10 atom stereocenters. The van der Waals surface area contributed by atoms with Crippen LogP contribution in [0.15, 0.2) is 0 Å². The average Bonchev–Trinajstić information content (AvgIpc) is 2.63. The topological polar surface area (TPSA) is 178 Å². The van der Waals surface area contributed by atoms with Gasteiger partial charge < -0.3 is 49.9 Å². The van der Waals surface area contributed by atoms with Crippen LogP contribution in [0.3, 0.4) is 0 Å². The summed E-state index contributed by atoms with van der Waals surface area (Å²) in [6.45, 7) is 2.14. The molecule has 0 saturated carbocycles. The van der Waals surface area contributed by atoms with E-state index in [0.29, 0.717) is 0 Å². The molecule has 2 saturated heterocycles. The Morgan fingerprint density at radius 2 is 1.72 bits per heavy atom. The fourth-order valence-electron chi connectivity index (χ4n) is 3.96. The number of amides is 1. The molecule has 2 aliphatic heterocycles. The van der Waals surface area contributed by atoms with Crippen molar-refractivity contribution in [3.05, 3.63) is 0 Å². The van der Waals surface area contributed by atoms with E-state index in [1.54, 1.807) is 0 Å². The van der Waals surface area contributed by atoms with Crippen molar-refractivity contribution in [2.45, 2.75) is 75.1 Å². The van der Waals surface area contributed by atoms with Gasteiger partial charge in [0.05, 0.1) is 36.9 Å². The van der Waals surface area contributed by atoms with Crippen molar-refractivity contribution >= 4 is 11.9 Å². The standard InChI is InChI=1S/C17H29NO10.Na/c1-6-12(21)13(22)8(15(27-6)17(24)25)4-9-11(18-7(2)20)16(26-3)14(23)10(5-19)28-9;/h6,8-16,19,21-23H,4-5H2,1-3H3,(H,18,20)(H,24,25);/q;+1/p-1/t6-,8-,9-,10?,11?,12+,13-,14-,15?,16+;/m0./s1. The molecule has 0 aromatic heterocycles. The van der Waals surface area contributed by atoms with Crippen LogP contribution in [0, 0.1) is 5.92 Å². The average molecular weight is 429 g/mol. The Bertz CT molecular complexity index is 566. The minimum Gasteiger partial charge on any atom is -0.547 e. The Labute approximate surface area is 190 Å². The number of hydrogen-bond donors (Lipinski definition) is 5. The molecule has 162 valence electrons. The molecule has 12 heteroatoms. The zero-order valence-corrected chi connectivity index (χ0v) is 18.9. The van der Waals surface area contributed by atoms with Crippen molar-refractivity contribution in [3.63, 3.8) is 0 Å². The summed E-state index contributed by atoms with van der Waals surface area (Å²) in [4.78, 5) is 23.1. The quantitative estimate of drug-likeness (QED) is 0.255. The second-order valence-electron chi connectivity index (χ2n) is 7.27. The number of aliphatic carboxylic acids is 1. The minimum atomic E-state index is -1.56. The first-order valence-corrected chi connectivity index (χ1v) is 9.09. The molecular formula is C17H28NNaO10. The van der Waals surface area contributed by atoms with Gasteiger partial charge in [0.2, 0.25) is 5.91 Å². The van der Waals surface area contributed by atoms with Gasteiger partial charge in [0.1, 0.15) is 30.5 Å². The van der Waals surface area contributed by atoms with E-state index in [1.807, 2.05) is 0 Å². The van der Waals surface area contributed by atoms with Crippen LogP contribution >= 0.6 is 0 Å². The van der Waals surface area contributed by atoms with Crippen LogP contribution in [0.4, 0.5) is 0 Å². The number of aliphatic hydroxyl groups excluding tert-OH is 4. The van der Waals surface area contributed by atoms with Gasteiger partial charge in [0, 0.05) is 20.0 Å². The molecule has 1 amide bonds. The van der Waals surface area contributed by atoms with Crippen LogP contribution < -0.4 is 40.0 Å². The largest absolute Gasteiger partial charge is 1.00 e. The van der Waals surface area contributed by atoms with Gasteiger partial charge in [-0.15, -0.1) is 0 Å². The van der Waals surface area contributed by atoms with E-state index in [-0.39, 0.29) is 36.0 Å². The van der Waals surface area contributed by atoms with Gasteiger partial charge in [-0.2, -0.15) is 0 Å². The van der Waals surface area contributed by atoms with Crippen molar-refractivity contribution in [3.8, 4) is 0 Å². The first kappa shape index (κ1) is 26.7. The molecule has 2 heterocycles. The van der Waals surface area contributed by atoms with E-state index in [9.17, 15) is 35.1 Å². The molecule has 0 aromatic carbocycles. The van der Waals surface area contributed by atoms with Crippen LogP contribution in [0.5, 0.6) is 0 Å². The molecule has 5 N–H and O–H groups in total. The van der Waals surface area contributed by atoms with Gasteiger partial charge >= 0.3 is 29.6 Å². The summed E-state index contributed by atoms with van der Waals surface area (Å²) < 4.78 is 16.2. The maximum atomic E-state index is 11.6. The number of carboxylic acids is 1. The minimum absolute atomic E-state index is 0. The second kappa shape index (κ2) is 11.3. The summed E-state index contributed by atoms with van der Waals surface area (Å²) in [7, 11) is 1.31. The number of ether oxygens (including phenoxy) is 3. The van der Waals surface area contributed by atoms with E-state index >= 15 is 0 Å². The van der Waals surface area contributed by atoms with E-state index in [2.05, 4.69) is 5.32 Å². The summed E-state index contributed by atoms with van der Waals surface area (Å²) in [6.07, 6.45) is -9.59. The molecule has 0 aromatic rings. The Balaban J connectivity index is 0.00000420. The zero-order valence-electron chi connectivity index (χ0n) is 16.9. The normalized spacial score (nSPS) is 42.6. The zero-order chi connectivity index (χ0) is 21.2. The third-order valence-corrected chi connectivity index (χ3v) is 5.40. The number of carbonyl (C=O) groups is 2. The second-order valence-corrected chi connectivity index (χ2v) is 7.27. The number of carboxylic acid groups (broad SMARTS) is 1. The Hall–Kier alpha value is -0.340. The van der Waals surface area contributed by atoms with E-state index in [1.165, 1.54) is 21.0 Å². The number of methoxy groups -OCH3 is 1. The first-order chi connectivity index (χ1) is 13.1. The number of rotatable bonds is 6. The number of aliphatic hydroxyl groups is 4. The summed E-state index contributed by atoms with van der Waals surface area (Å²) in [5, 5.41) is 54.4. The maximum Gasteiger partial charge on any atom is 1.00 e.